The highest BCUT2D eigenvalue weighted by atomic mass is 32.2. The van der Waals surface area contributed by atoms with Gasteiger partial charge in [-0.3, -0.25) is 14.9 Å². The molecule has 15 heteroatoms. The van der Waals surface area contributed by atoms with Gasteiger partial charge >= 0.3 is 0 Å². The van der Waals surface area contributed by atoms with Crippen molar-refractivity contribution in [1.29, 1.82) is 0 Å². The number of hydrogen-bond donors (Lipinski definition) is 2. The third-order valence-electron chi connectivity index (χ3n) is 7.97. The van der Waals surface area contributed by atoms with E-state index in [4.69, 9.17) is 0 Å². The lowest BCUT2D eigenvalue weighted by molar-refractivity contribution is -0.384. The van der Waals surface area contributed by atoms with Crippen LogP contribution in [0.2, 0.25) is 0 Å². The third kappa shape index (κ3) is 8.97. The number of amides is 1. The first-order valence-electron chi connectivity index (χ1n) is 15.7. The summed E-state index contributed by atoms with van der Waals surface area (Å²) in [6.45, 7) is 3.91. The zero-order valence-corrected chi connectivity index (χ0v) is 29.3. The Morgan fingerprint density at radius 3 is 2.14 bits per heavy atom. The van der Waals surface area contributed by atoms with Gasteiger partial charge in [-0.2, -0.15) is 4.31 Å². The summed E-state index contributed by atoms with van der Waals surface area (Å²) in [5.74, 6) is -0.266. The molecule has 5 rings (SSSR count). The van der Waals surface area contributed by atoms with Crippen LogP contribution in [0.3, 0.4) is 0 Å². The molecule has 0 saturated carbocycles. The number of carbonyl (C=O) groups excluding carboxylic acids is 1. The van der Waals surface area contributed by atoms with Gasteiger partial charge in [-0.1, -0.05) is 43.7 Å². The fraction of sp³-hybridized carbons (Fsp3) is 0.265. The minimum Gasteiger partial charge on any atom is -0.379 e. The molecule has 0 aliphatic carbocycles. The molecule has 12 nitrogen and oxygen atoms in total. The highest BCUT2D eigenvalue weighted by Gasteiger charge is 2.29. The van der Waals surface area contributed by atoms with Crippen LogP contribution in [0.4, 0.5) is 17.1 Å². The molecule has 2 N–H and O–H groups in total. The SMILES string of the molecule is CCCc1ccc(S(=O)(=O)N2CCN(c3ccc(C(=O)NS(=O)(=O)c4ccc(NCCSc5ccccc5)c([N+](=O)[O-])c4)cc3)CC2)cc1. The van der Waals surface area contributed by atoms with E-state index >= 15 is 0 Å². The molecular formula is C34H37N5O7S3. The number of nitro benzene ring substituents is 1. The van der Waals surface area contributed by atoms with E-state index < -0.39 is 41.5 Å². The van der Waals surface area contributed by atoms with Crippen LogP contribution in [-0.2, 0) is 26.5 Å². The summed E-state index contributed by atoms with van der Waals surface area (Å²) in [6, 6.07) is 26.4. The highest BCUT2D eigenvalue weighted by molar-refractivity contribution is 7.99. The molecule has 1 aliphatic heterocycles. The van der Waals surface area contributed by atoms with Crippen molar-refractivity contribution < 1.29 is 26.6 Å². The van der Waals surface area contributed by atoms with Gasteiger partial charge in [-0.25, -0.2) is 21.6 Å². The summed E-state index contributed by atoms with van der Waals surface area (Å²) in [5, 5.41) is 14.8. The maximum absolute atomic E-state index is 13.2. The van der Waals surface area contributed by atoms with Crippen molar-refractivity contribution in [2.75, 3.05) is 48.7 Å². The lowest BCUT2D eigenvalue weighted by Crippen LogP contribution is -2.48. The average Bonchev–Trinajstić information content (AvgIpc) is 3.11. The van der Waals surface area contributed by atoms with Crippen LogP contribution in [0.1, 0.15) is 29.3 Å². The molecule has 1 heterocycles. The standard InChI is InChI=1S/C34H37N5O7S3/c1-2-6-26-9-15-30(16-10-26)49(45,46)38-22-20-37(21-23-38)28-13-11-27(12-14-28)34(40)36-48(43,44)31-17-18-32(33(25-31)39(41)42)35-19-24-47-29-7-4-3-5-8-29/h3-5,7-18,25,35H,2,6,19-24H2,1H3,(H,36,40). The fourth-order valence-electron chi connectivity index (χ4n) is 5.37. The summed E-state index contributed by atoms with van der Waals surface area (Å²) in [4.78, 5) is 26.9. The van der Waals surface area contributed by atoms with Gasteiger partial charge in [0.05, 0.1) is 14.7 Å². The van der Waals surface area contributed by atoms with Gasteiger partial charge < -0.3 is 10.2 Å². The molecule has 0 bridgehead atoms. The molecule has 0 aromatic heterocycles. The largest absolute Gasteiger partial charge is 0.379 e. The van der Waals surface area contributed by atoms with E-state index in [0.29, 0.717) is 25.4 Å². The van der Waals surface area contributed by atoms with E-state index in [9.17, 15) is 31.7 Å². The number of piperazine rings is 1. The summed E-state index contributed by atoms with van der Waals surface area (Å²) < 4.78 is 55.9. The van der Waals surface area contributed by atoms with Crippen LogP contribution in [0, 0.1) is 10.1 Å². The molecule has 1 amide bonds. The number of aryl methyl sites for hydroxylation is 1. The first-order valence-corrected chi connectivity index (χ1v) is 19.6. The Morgan fingerprint density at radius 1 is 0.857 bits per heavy atom. The molecule has 258 valence electrons. The number of nitrogens with zero attached hydrogens (tertiary/aromatic N) is 3. The van der Waals surface area contributed by atoms with E-state index in [-0.39, 0.29) is 29.2 Å². The summed E-state index contributed by atoms with van der Waals surface area (Å²) in [6.07, 6.45) is 1.87. The normalized spacial score (nSPS) is 13.9. The molecule has 0 spiro atoms. The number of hydrogen-bond acceptors (Lipinski definition) is 10. The zero-order chi connectivity index (χ0) is 35.0. The van der Waals surface area contributed by atoms with Crippen LogP contribution in [0.25, 0.3) is 0 Å². The van der Waals surface area contributed by atoms with Crippen LogP contribution >= 0.6 is 11.8 Å². The predicted octanol–water partition coefficient (Wildman–Crippen LogP) is 5.38. The molecule has 1 fully saturated rings. The molecule has 0 radical (unpaired) electrons. The van der Waals surface area contributed by atoms with Gasteiger partial charge in [0, 0.05) is 60.7 Å². The quantitative estimate of drug-likeness (QED) is 0.0749. The Morgan fingerprint density at radius 2 is 1.51 bits per heavy atom. The fourth-order valence-corrected chi connectivity index (χ4v) is 8.57. The molecule has 0 unspecified atom stereocenters. The topological polar surface area (TPSA) is 159 Å². The smallest absolute Gasteiger partial charge is 0.293 e. The second-order valence-corrected chi connectivity index (χ2v) is 16.1. The molecule has 1 saturated heterocycles. The third-order valence-corrected chi connectivity index (χ3v) is 12.2. The zero-order valence-electron chi connectivity index (χ0n) is 26.8. The Labute approximate surface area is 290 Å². The number of thioether (sulfide) groups is 1. The first-order chi connectivity index (χ1) is 23.5. The van der Waals surface area contributed by atoms with E-state index in [1.807, 2.05) is 52.1 Å². The minimum atomic E-state index is -4.43. The lowest BCUT2D eigenvalue weighted by Gasteiger charge is -2.35. The number of anilines is 2. The number of carbonyl (C=O) groups is 1. The summed E-state index contributed by atoms with van der Waals surface area (Å²) in [5.41, 5.74) is 1.66. The van der Waals surface area contributed by atoms with Gasteiger partial charge in [0.15, 0.2) is 0 Å². The van der Waals surface area contributed by atoms with Crippen molar-refractivity contribution in [3.63, 3.8) is 0 Å². The molecule has 4 aromatic rings. The molecule has 4 aromatic carbocycles. The average molecular weight is 724 g/mol. The van der Waals surface area contributed by atoms with Crippen LogP contribution in [0.15, 0.2) is 112 Å². The van der Waals surface area contributed by atoms with E-state index in [1.165, 1.54) is 28.6 Å². The second-order valence-electron chi connectivity index (χ2n) is 11.3. The van der Waals surface area contributed by atoms with Crippen LogP contribution in [0.5, 0.6) is 0 Å². The predicted molar refractivity (Wildman–Crippen MR) is 191 cm³/mol. The maximum atomic E-state index is 13.2. The lowest BCUT2D eigenvalue weighted by atomic mass is 10.1. The van der Waals surface area contributed by atoms with Gasteiger partial charge in [0.25, 0.3) is 21.6 Å². The van der Waals surface area contributed by atoms with Gasteiger partial charge in [0.1, 0.15) is 5.69 Å². The summed E-state index contributed by atoms with van der Waals surface area (Å²) >= 11 is 1.57. The molecule has 49 heavy (non-hydrogen) atoms. The van der Waals surface area contributed by atoms with Crippen LogP contribution in [-0.4, -0.2) is 70.4 Å². The highest BCUT2D eigenvalue weighted by Crippen LogP contribution is 2.28. The molecule has 0 atom stereocenters. The van der Waals surface area contributed by atoms with Crippen molar-refractivity contribution in [3.8, 4) is 0 Å². The van der Waals surface area contributed by atoms with E-state index in [1.54, 1.807) is 36.0 Å². The van der Waals surface area contributed by atoms with Crippen molar-refractivity contribution >= 4 is 54.8 Å². The van der Waals surface area contributed by atoms with Gasteiger partial charge in [0.2, 0.25) is 10.0 Å². The monoisotopic (exact) mass is 723 g/mol. The van der Waals surface area contributed by atoms with E-state index in [2.05, 4.69) is 12.2 Å². The Kier molecular flexibility index (Phi) is 11.6. The van der Waals surface area contributed by atoms with Crippen molar-refractivity contribution in [1.82, 2.24) is 9.03 Å². The van der Waals surface area contributed by atoms with Gasteiger partial charge in [-0.05, 0) is 72.6 Å². The van der Waals surface area contributed by atoms with Crippen molar-refractivity contribution in [3.05, 3.63) is 118 Å². The molecular weight excluding hydrogens is 687 g/mol. The molecule has 1 aliphatic rings. The first kappa shape index (κ1) is 35.9. The Balaban J connectivity index is 1.16. The maximum Gasteiger partial charge on any atom is 0.293 e. The number of sulfonamides is 2. The second kappa shape index (κ2) is 15.8. The number of nitro groups is 1. The van der Waals surface area contributed by atoms with Crippen molar-refractivity contribution in [2.24, 2.45) is 0 Å². The van der Waals surface area contributed by atoms with Crippen LogP contribution < -0.4 is 14.9 Å². The van der Waals surface area contributed by atoms with Gasteiger partial charge in [-0.15, -0.1) is 11.8 Å². The minimum absolute atomic E-state index is 0.0729. The number of benzene rings is 4. The summed E-state index contributed by atoms with van der Waals surface area (Å²) in [7, 11) is -8.06. The Hall–Kier alpha value is -4.44. The number of nitrogens with one attached hydrogen (secondary N) is 2. The number of rotatable bonds is 14. The van der Waals surface area contributed by atoms with Crippen molar-refractivity contribution in [2.45, 2.75) is 34.5 Å². The van der Waals surface area contributed by atoms with E-state index in [0.717, 1.165) is 35.1 Å². The Bertz CT molecular complexity index is 1980.